The average Bonchev–Trinajstić information content (AvgIpc) is 2.67. The van der Waals surface area contributed by atoms with Crippen molar-refractivity contribution in [1.29, 1.82) is 0 Å². The van der Waals surface area contributed by atoms with Gasteiger partial charge in [0, 0.05) is 32.6 Å². The lowest BCUT2D eigenvalue weighted by Crippen LogP contribution is -2.44. The van der Waals surface area contributed by atoms with Gasteiger partial charge in [0.1, 0.15) is 0 Å². The number of nitrogens with zero attached hydrogens (tertiary/aromatic N) is 2. The van der Waals surface area contributed by atoms with Crippen molar-refractivity contribution >= 4 is 11.8 Å². The van der Waals surface area contributed by atoms with E-state index in [2.05, 4.69) is 5.32 Å². The van der Waals surface area contributed by atoms with Gasteiger partial charge in [-0.15, -0.1) is 0 Å². The van der Waals surface area contributed by atoms with Gasteiger partial charge in [-0.05, 0) is 25.8 Å². The van der Waals surface area contributed by atoms with Gasteiger partial charge in [0.25, 0.3) is 0 Å². The third-order valence-electron chi connectivity index (χ3n) is 3.94. The van der Waals surface area contributed by atoms with Crippen LogP contribution in [-0.4, -0.2) is 60.9 Å². The fourth-order valence-electron chi connectivity index (χ4n) is 2.74. The molecule has 2 heterocycles. The van der Waals surface area contributed by atoms with Crippen LogP contribution in [0.1, 0.15) is 38.5 Å². The summed E-state index contributed by atoms with van der Waals surface area (Å²) in [5.41, 5.74) is 0. The molecule has 0 atom stereocenters. The Morgan fingerprint density at radius 1 is 1.00 bits per heavy atom. The van der Waals surface area contributed by atoms with E-state index in [1.54, 1.807) is 4.90 Å². The summed E-state index contributed by atoms with van der Waals surface area (Å²) < 4.78 is 0. The molecule has 0 aromatic rings. The number of carbonyl (C=O) groups excluding carboxylic acids is 2. The molecule has 0 unspecified atom stereocenters. The van der Waals surface area contributed by atoms with Crippen LogP contribution in [0.4, 0.5) is 0 Å². The lowest BCUT2D eigenvalue weighted by atomic mass is 10.1. The molecule has 2 saturated heterocycles. The molecule has 2 aliphatic rings. The van der Waals surface area contributed by atoms with Crippen LogP contribution in [0.25, 0.3) is 0 Å². The van der Waals surface area contributed by atoms with Crippen LogP contribution in [0.5, 0.6) is 0 Å². The Bertz CT molecular complexity index is 312. The van der Waals surface area contributed by atoms with Crippen molar-refractivity contribution in [2.45, 2.75) is 38.5 Å². The molecule has 5 heteroatoms. The monoisotopic (exact) mass is 267 g/mol. The molecule has 19 heavy (non-hydrogen) atoms. The second-order valence-corrected chi connectivity index (χ2v) is 5.46. The van der Waals surface area contributed by atoms with Crippen molar-refractivity contribution in [3.63, 3.8) is 0 Å². The van der Waals surface area contributed by atoms with Gasteiger partial charge in [0.05, 0.1) is 6.54 Å². The molecule has 2 rings (SSSR count). The minimum Gasteiger partial charge on any atom is -0.340 e. The van der Waals surface area contributed by atoms with Gasteiger partial charge in [0.15, 0.2) is 0 Å². The van der Waals surface area contributed by atoms with E-state index in [0.717, 1.165) is 58.4 Å². The number of carbonyl (C=O) groups is 2. The van der Waals surface area contributed by atoms with E-state index >= 15 is 0 Å². The summed E-state index contributed by atoms with van der Waals surface area (Å²) in [5.74, 6) is 0.263. The molecule has 0 saturated carbocycles. The number of nitrogens with one attached hydrogen (secondary N) is 1. The number of hydrogen-bond donors (Lipinski definition) is 1. The lowest BCUT2D eigenvalue weighted by molar-refractivity contribution is -0.140. The molecular formula is C14H25N3O2. The van der Waals surface area contributed by atoms with E-state index in [1.165, 1.54) is 6.42 Å². The van der Waals surface area contributed by atoms with Crippen LogP contribution in [0.2, 0.25) is 0 Å². The molecular weight excluding hydrogens is 242 g/mol. The van der Waals surface area contributed by atoms with E-state index in [1.807, 2.05) is 4.90 Å². The molecule has 1 N–H and O–H groups in total. The molecule has 0 spiro atoms. The predicted molar refractivity (Wildman–Crippen MR) is 73.7 cm³/mol. The summed E-state index contributed by atoms with van der Waals surface area (Å²) in [4.78, 5) is 27.9. The first-order valence-corrected chi connectivity index (χ1v) is 7.53. The van der Waals surface area contributed by atoms with Gasteiger partial charge in [0.2, 0.25) is 11.8 Å². The van der Waals surface area contributed by atoms with Crippen LogP contribution in [0.3, 0.4) is 0 Å². The Hall–Kier alpha value is -1.10. The normalized spacial score (nSPS) is 22.6. The molecule has 0 radical (unpaired) electrons. The highest BCUT2D eigenvalue weighted by atomic mass is 16.2. The molecule has 0 bridgehead atoms. The van der Waals surface area contributed by atoms with Crippen molar-refractivity contribution in [3.8, 4) is 0 Å². The predicted octanol–water partition coefficient (Wildman–Crippen LogP) is 0.601. The molecule has 5 nitrogen and oxygen atoms in total. The summed E-state index contributed by atoms with van der Waals surface area (Å²) in [6.45, 7) is 4.44. The van der Waals surface area contributed by atoms with Crippen LogP contribution >= 0.6 is 0 Å². The smallest absolute Gasteiger partial charge is 0.242 e. The van der Waals surface area contributed by atoms with E-state index in [4.69, 9.17) is 0 Å². The fraction of sp³-hybridized carbons (Fsp3) is 0.857. The number of hydrogen-bond acceptors (Lipinski definition) is 3. The molecule has 108 valence electrons. The Morgan fingerprint density at radius 2 is 1.84 bits per heavy atom. The third kappa shape index (κ3) is 4.49. The molecule has 2 aliphatic heterocycles. The van der Waals surface area contributed by atoms with Crippen LogP contribution in [0, 0.1) is 0 Å². The quantitative estimate of drug-likeness (QED) is 0.797. The summed E-state index contributed by atoms with van der Waals surface area (Å²) in [5, 5.41) is 3.29. The van der Waals surface area contributed by atoms with Gasteiger partial charge in [-0.3, -0.25) is 9.59 Å². The lowest BCUT2D eigenvalue weighted by Gasteiger charge is -2.27. The van der Waals surface area contributed by atoms with Crippen molar-refractivity contribution < 1.29 is 9.59 Å². The topological polar surface area (TPSA) is 52.7 Å². The second kappa shape index (κ2) is 7.48. The highest BCUT2D eigenvalue weighted by Gasteiger charge is 2.22. The van der Waals surface area contributed by atoms with E-state index in [-0.39, 0.29) is 18.4 Å². The standard InChI is InChI=1S/C14H25N3O2/c18-13-6-3-1-2-4-9-17(13)12-14(19)16-10-5-7-15-8-11-16/h15H,1-12H2. The summed E-state index contributed by atoms with van der Waals surface area (Å²) >= 11 is 0. The maximum atomic E-state index is 12.3. The Morgan fingerprint density at radius 3 is 2.74 bits per heavy atom. The van der Waals surface area contributed by atoms with Crippen molar-refractivity contribution in [2.75, 3.05) is 39.3 Å². The first kappa shape index (κ1) is 14.3. The van der Waals surface area contributed by atoms with Gasteiger partial charge in [-0.1, -0.05) is 12.8 Å². The van der Waals surface area contributed by atoms with Crippen molar-refractivity contribution in [3.05, 3.63) is 0 Å². The summed E-state index contributed by atoms with van der Waals surface area (Å²) in [6.07, 6.45) is 5.92. The Balaban J connectivity index is 1.86. The third-order valence-corrected chi connectivity index (χ3v) is 3.94. The van der Waals surface area contributed by atoms with Gasteiger partial charge in [-0.25, -0.2) is 0 Å². The number of likely N-dealkylation sites (tertiary alicyclic amines) is 1. The highest BCUT2D eigenvalue weighted by Crippen LogP contribution is 2.12. The number of amides is 2. The minimum atomic E-state index is 0.109. The average molecular weight is 267 g/mol. The summed E-state index contributed by atoms with van der Waals surface area (Å²) in [7, 11) is 0. The zero-order chi connectivity index (χ0) is 13.5. The van der Waals surface area contributed by atoms with Gasteiger partial charge >= 0.3 is 0 Å². The highest BCUT2D eigenvalue weighted by molar-refractivity contribution is 5.84. The fourth-order valence-corrected chi connectivity index (χ4v) is 2.74. The van der Waals surface area contributed by atoms with E-state index in [9.17, 15) is 9.59 Å². The van der Waals surface area contributed by atoms with Crippen molar-refractivity contribution in [1.82, 2.24) is 15.1 Å². The second-order valence-electron chi connectivity index (χ2n) is 5.46. The largest absolute Gasteiger partial charge is 0.340 e. The minimum absolute atomic E-state index is 0.109. The zero-order valence-electron chi connectivity index (χ0n) is 11.7. The van der Waals surface area contributed by atoms with Gasteiger partial charge in [-0.2, -0.15) is 0 Å². The zero-order valence-corrected chi connectivity index (χ0v) is 11.7. The molecule has 0 aliphatic carbocycles. The van der Waals surface area contributed by atoms with Crippen molar-refractivity contribution in [2.24, 2.45) is 0 Å². The maximum Gasteiger partial charge on any atom is 0.242 e. The first-order chi connectivity index (χ1) is 9.27. The molecule has 0 aromatic heterocycles. The van der Waals surface area contributed by atoms with Crippen LogP contribution in [0.15, 0.2) is 0 Å². The van der Waals surface area contributed by atoms with E-state index in [0.29, 0.717) is 6.42 Å². The molecule has 2 amide bonds. The summed E-state index contributed by atoms with van der Waals surface area (Å²) in [6, 6.07) is 0. The van der Waals surface area contributed by atoms with E-state index < -0.39 is 0 Å². The maximum absolute atomic E-state index is 12.3. The molecule has 0 aromatic carbocycles. The Kier molecular flexibility index (Phi) is 5.63. The van der Waals surface area contributed by atoms with Gasteiger partial charge < -0.3 is 15.1 Å². The molecule has 2 fully saturated rings. The Labute approximate surface area is 115 Å². The first-order valence-electron chi connectivity index (χ1n) is 7.53. The SMILES string of the molecule is O=C(CN1CCCCCCC1=O)N1CCCNCC1. The van der Waals surface area contributed by atoms with Crippen LogP contribution in [-0.2, 0) is 9.59 Å². The van der Waals surface area contributed by atoms with Crippen LogP contribution < -0.4 is 5.32 Å². The number of rotatable bonds is 2.